The summed E-state index contributed by atoms with van der Waals surface area (Å²) in [6.07, 6.45) is 9.01. The number of unbranched alkanes of at least 4 members (excludes halogenated alkanes) is 2. The van der Waals surface area contributed by atoms with Crippen LogP contribution in [-0.2, 0) is 35.8 Å². The Bertz CT molecular complexity index is 2460. The summed E-state index contributed by atoms with van der Waals surface area (Å²) in [6.45, 7) is 10.2. The third-order valence-corrected chi connectivity index (χ3v) is 12.8. The first-order valence-corrected chi connectivity index (χ1v) is 24.3. The number of aromatic nitrogens is 1. The second-order valence-electron chi connectivity index (χ2n) is 18.9. The number of nitrogens with zero attached hydrogens (tertiary/aromatic N) is 4. The number of fused-ring (bicyclic) bond motifs is 2. The van der Waals surface area contributed by atoms with Crippen LogP contribution in [0.4, 0.5) is 22.7 Å². The standard InChI is InChI=1S/C51H67N9O10/c1-30(2)37-26-45(63)60(50(37)67)22-11-8-9-15-44(62)57-46(31(3)4)49(66)53-32(5)47(64)55-33-17-19-34(20-18-33)56-48(65)40-24-35(29-58(40)6)54-43(61)16-13-23-70-42-27-39-38(25-41(42)69-7)51(68)59-21-12-10-14-36(59)28-52-39/h17-20,24-25,27-32,36-37,46H,8-16,21-23,26H2,1-7H3,(H,53,66)(H,54,61)(H,55,64)(H,56,65)(H,57,62)/t32-,36-,37?,46-/m0/s1. The topological polar surface area (TPSA) is 239 Å². The second-order valence-corrected chi connectivity index (χ2v) is 18.9. The molecule has 2 aromatic carbocycles. The van der Waals surface area contributed by atoms with Crippen LogP contribution in [0.25, 0.3) is 0 Å². The zero-order valence-corrected chi connectivity index (χ0v) is 41.2. The molecule has 70 heavy (non-hydrogen) atoms. The lowest BCUT2D eigenvalue weighted by Gasteiger charge is -2.32. The maximum atomic E-state index is 13.3. The zero-order valence-electron chi connectivity index (χ0n) is 41.2. The average molecular weight is 966 g/mol. The Labute approximate surface area is 408 Å². The fraction of sp³-hybridized carbons (Fsp3) is 0.510. The lowest BCUT2D eigenvalue weighted by atomic mass is 9.94. The summed E-state index contributed by atoms with van der Waals surface area (Å²) in [7, 11) is 3.19. The van der Waals surface area contributed by atoms with Gasteiger partial charge < -0.3 is 45.5 Å². The summed E-state index contributed by atoms with van der Waals surface area (Å²) in [5, 5.41) is 13.9. The number of likely N-dealkylation sites (tertiary alicyclic amines) is 1. The van der Waals surface area contributed by atoms with Crippen molar-refractivity contribution in [2.75, 3.05) is 42.8 Å². The van der Waals surface area contributed by atoms with E-state index in [1.165, 1.54) is 18.9 Å². The van der Waals surface area contributed by atoms with Crippen LogP contribution in [0.2, 0.25) is 0 Å². The number of carbonyl (C=O) groups excluding carboxylic acids is 8. The van der Waals surface area contributed by atoms with Crippen molar-refractivity contribution in [3.8, 4) is 11.5 Å². The number of rotatable bonds is 22. The Morgan fingerprint density at radius 1 is 0.786 bits per heavy atom. The number of imide groups is 1. The summed E-state index contributed by atoms with van der Waals surface area (Å²) in [5.41, 5.74) is 2.57. The van der Waals surface area contributed by atoms with E-state index in [0.29, 0.717) is 78.6 Å². The van der Waals surface area contributed by atoms with Gasteiger partial charge in [0.25, 0.3) is 11.8 Å². The van der Waals surface area contributed by atoms with Crippen LogP contribution in [0.15, 0.2) is 53.7 Å². The Hall–Kier alpha value is -7.05. The number of anilines is 3. The summed E-state index contributed by atoms with van der Waals surface area (Å²) in [5.74, 6) is -1.96. The van der Waals surface area contributed by atoms with E-state index in [1.54, 1.807) is 74.1 Å². The third-order valence-electron chi connectivity index (χ3n) is 12.8. The predicted octanol–water partition coefficient (Wildman–Crippen LogP) is 5.97. The van der Waals surface area contributed by atoms with E-state index in [0.717, 1.165) is 19.3 Å². The molecule has 6 rings (SSSR count). The first-order valence-electron chi connectivity index (χ1n) is 24.3. The molecule has 2 fully saturated rings. The second kappa shape index (κ2) is 24.0. The van der Waals surface area contributed by atoms with Gasteiger partial charge in [-0.2, -0.15) is 0 Å². The molecule has 2 saturated heterocycles. The molecule has 0 aliphatic carbocycles. The van der Waals surface area contributed by atoms with Crippen LogP contribution in [0.5, 0.6) is 11.5 Å². The van der Waals surface area contributed by atoms with Crippen LogP contribution in [0, 0.1) is 17.8 Å². The van der Waals surface area contributed by atoms with E-state index in [4.69, 9.17) is 9.47 Å². The molecular formula is C51H67N9O10. The Balaban J connectivity index is 0.897. The number of aliphatic imine (C=N–C) groups is 1. The van der Waals surface area contributed by atoms with Crippen molar-refractivity contribution in [2.45, 2.75) is 117 Å². The number of methoxy groups -OCH3 is 1. The van der Waals surface area contributed by atoms with Gasteiger partial charge in [-0.25, -0.2) is 0 Å². The largest absolute Gasteiger partial charge is 0.493 e. The number of ether oxygens (including phenoxy) is 2. The molecule has 376 valence electrons. The molecule has 5 N–H and O–H groups in total. The van der Waals surface area contributed by atoms with Crippen molar-refractivity contribution < 1.29 is 47.8 Å². The molecule has 8 amide bonds. The van der Waals surface area contributed by atoms with Gasteiger partial charge in [0.1, 0.15) is 17.8 Å². The van der Waals surface area contributed by atoms with Gasteiger partial charge in [-0.1, -0.05) is 34.1 Å². The highest BCUT2D eigenvalue weighted by molar-refractivity contribution is 6.06. The van der Waals surface area contributed by atoms with Gasteiger partial charge in [0, 0.05) is 75.2 Å². The number of carbonyl (C=O) groups is 8. The van der Waals surface area contributed by atoms with Crippen molar-refractivity contribution in [1.82, 2.24) is 25.0 Å². The highest BCUT2D eigenvalue weighted by Gasteiger charge is 2.39. The van der Waals surface area contributed by atoms with Gasteiger partial charge in [0.05, 0.1) is 36.7 Å². The minimum absolute atomic E-state index is 0.0290. The smallest absolute Gasteiger partial charge is 0.272 e. The van der Waals surface area contributed by atoms with Crippen molar-refractivity contribution in [3.63, 3.8) is 0 Å². The molecule has 0 bridgehead atoms. The summed E-state index contributed by atoms with van der Waals surface area (Å²) >= 11 is 0. The molecule has 3 aromatic rings. The Morgan fingerprint density at radius 2 is 1.50 bits per heavy atom. The van der Waals surface area contributed by atoms with E-state index in [2.05, 4.69) is 31.6 Å². The molecule has 19 nitrogen and oxygen atoms in total. The third kappa shape index (κ3) is 13.4. The Kier molecular flexibility index (Phi) is 17.9. The molecule has 0 saturated carbocycles. The van der Waals surface area contributed by atoms with E-state index in [9.17, 15) is 38.4 Å². The van der Waals surface area contributed by atoms with Crippen molar-refractivity contribution in [3.05, 3.63) is 59.9 Å². The molecule has 0 spiro atoms. The van der Waals surface area contributed by atoms with E-state index in [1.807, 2.05) is 25.0 Å². The average Bonchev–Trinajstić information content (AvgIpc) is 3.79. The van der Waals surface area contributed by atoms with Gasteiger partial charge in [-0.3, -0.25) is 48.2 Å². The molecule has 3 aliphatic heterocycles. The van der Waals surface area contributed by atoms with Gasteiger partial charge in [-0.15, -0.1) is 0 Å². The fourth-order valence-electron chi connectivity index (χ4n) is 8.71. The van der Waals surface area contributed by atoms with Gasteiger partial charge in [0.2, 0.25) is 35.4 Å². The summed E-state index contributed by atoms with van der Waals surface area (Å²) in [4.78, 5) is 111. The maximum Gasteiger partial charge on any atom is 0.272 e. The first kappa shape index (κ1) is 52.3. The van der Waals surface area contributed by atoms with Crippen molar-refractivity contribution in [1.29, 1.82) is 0 Å². The molecule has 19 heteroatoms. The molecule has 3 aliphatic rings. The summed E-state index contributed by atoms with van der Waals surface area (Å²) in [6, 6.07) is 9.50. The first-order chi connectivity index (χ1) is 33.4. The summed E-state index contributed by atoms with van der Waals surface area (Å²) < 4.78 is 13.1. The SMILES string of the molecule is COc1cc2c(cc1OCCCC(=O)Nc1cc(C(=O)Nc3ccc(NC(=O)[C@H](C)NC(=O)[C@@H](NC(=O)CCCCCN4C(=O)CC(C(C)C)C4=O)C(C)C)cc3)n(C)c1)N=C[C@@H]1CCCCN1C2=O. The number of hydrogen-bond donors (Lipinski definition) is 5. The number of piperidine rings is 1. The van der Waals surface area contributed by atoms with Crippen LogP contribution >= 0.6 is 0 Å². The van der Waals surface area contributed by atoms with E-state index < -0.39 is 29.8 Å². The number of aryl methyl sites for hydroxylation is 1. The van der Waals surface area contributed by atoms with Crippen LogP contribution < -0.4 is 36.1 Å². The number of hydrogen-bond acceptors (Lipinski definition) is 11. The van der Waals surface area contributed by atoms with Crippen molar-refractivity contribution in [2.24, 2.45) is 29.8 Å². The van der Waals surface area contributed by atoms with Crippen LogP contribution in [0.1, 0.15) is 120 Å². The minimum atomic E-state index is -0.946. The van der Waals surface area contributed by atoms with Gasteiger partial charge in [-0.05, 0) is 93.7 Å². The fourth-order valence-corrected chi connectivity index (χ4v) is 8.71. The molecule has 1 aromatic heterocycles. The Morgan fingerprint density at radius 3 is 2.19 bits per heavy atom. The lowest BCUT2D eigenvalue weighted by molar-refractivity contribution is -0.140. The molecule has 4 atom stereocenters. The van der Waals surface area contributed by atoms with E-state index in [-0.39, 0.29) is 84.9 Å². The van der Waals surface area contributed by atoms with Crippen LogP contribution in [-0.4, -0.2) is 113 Å². The number of nitrogens with one attached hydrogen (secondary N) is 5. The van der Waals surface area contributed by atoms with Crippen LogP contribution in [0.3, 0.4) is 0 Å². The molecular weight excluding hydrogens is 899 g/mol. The molecule has 4 heterocycles. The maximum absolute atomic E-state index is 13.3. The molecule has 1 unspecified atom stereocenters. The monoisotopic (exact) mass is 966 g/mol. The highest BCUT2D eigenvalue weighted by Crippen LogP contribution is 2.38. The van der Waals surface area contributed by atoms with Gasteiger partial charge >= 0.3 is 0 Å². The van der Waals surface area contributed by atoms with Gasteiger partial charge in [0.15, 0.2) is 11.5 Å². The zero-order chi connectivity index (χ0) is 50.6. The van der Waals surface area contributed by atoms with E-state index >= 15 is 0 Å². The number of amides is 8. The predicted molar refractivity (Wildman–Crippen MR) is 264 cm³/mol. The quantitative estimate of drug-likeness (QED) is 0.0584. The minimum Gasteiger partial charge on any atom is -0.493 e. The normalized spacial score (nSPS) is 17.4. The number of benzene rings is 2. The molecule has 0 radical (unpaired) electrons. The highest BCUT2D eigenvalue weighted by atomic mass is 16.5. The van der Waals surface area contributed by atoms with Crippen molar-refractivity contribution >= 4 is 76.2 Å². The lowest BCUT2D eigenvalue weighted by Crippen LogP contribution is -2.53.